The summed E-state index contributed by atoms with van der Waals surface area (Å²) in [6, 6.07) is 5.23. The van der Waals surface area contributed by atoms with Crippen LogP contribution in [0.1, 0.15) is 24.5 Å². The molecule has 0 bridgehead atoms. The van der Waals surface area contributed by atoms with Gasteiger partial charge < -0.3 is 9.80 Å². The van der Waals surface area contributed by atoms with Crippen molar-refractivity contribution < 1.29 is 13.2 Å². The van der Waals surface area contributed by atoms with Gasteiger partial charge in [0.1, 0.15) is 0 Å². The van der Waals surface area contributed by atoms with E-state index in [1.165, 1.54) is 0 Å². The van der Waals surface area contributed by atoms with Gasteiger partial charge in [-0.15, -0.1) is 0 Å². The average Bonchev–Trinajstić information content (AvgIpc) is 2.54. The molecule has 1 aromatic rings. The number of sulfonamides is 1. The van der Waals surface area contributed by atoms with Crippen molar-refractivity contribution >= 4 is 15.9 Å². The Hall–Kier alpha value is -1.44. The first kappa shape index (κ1) is 18.9. The van der Waals surface area contributed by atoms with Crippen LogP contribution in [0.15, 0.2) is 23.1 Å². The lowest BCUT2D eigenvalue weighted by Crippen LogP contribution is -2.49. The van der Waals surface area contributed by atoms with Crippen molar-refractivity contribution in [1.29, 1.82) is 0 Å². The van der Waals surface area contributed by atoms with Crippen LogP contribution in [0.2, 0.25) is 0 Å². The molecular formula is C17H27N3O3S. The molecule has 1 aromatic carbocycles. The number of carbonyl (C=O) groups excluding carboxylic acids is 1. The first-order valence-electron chi connectivity index (χ1n) is 8.40. The third kappa shape index (κ3) is 4.78. The predicted molar refractivity (Wildman–Crippen MR) is 94.4 cm³/mol. The van der Waals surface area contributed by atoms with E-state index in [0.717, 1.165) is 38.3 Å². The summed E-state index contributed by atoms with van der Waals surface area (Å²) in [6.45, 7) is 10.1. The lowest BCUT2D eigenvalue weighted by atomic mass is 10.2. The van der Waals surface area contributed by atoms with E-state index in [1.54, 1.807) is 19.1 Å². The van der Waals surface area contributed by atoms with E-state index in [0.29, 0.717) is 5.56 Å². The smallest absolute Gasteiger partial charge is 0.240 e. The molecule has 1 N–H and O–H groups in total. The van der Waals surface area contributed by atoms with Crippen LogP contribution in [0.25, 0.3) is 0 Å². The van der Waals surface area contributed by atoms with Gasteiger partial charge in [0.05, 0.1) is 4.90 Å². The standard InChI is InChI=1S/C17H27N3O3S/c1-4-19-9-11-20(12-10-19)17(21)7-8-18-24(22,23)16-6-5-14(2)13-15(16)3/h5-6,13,18H,4,7-12H2,1-3H3. The van der Waals surface area contributed by atoms with Crippen LogP contribution in [0.4, 0.5) is 0 Å². The van der Waals surface area contributed by atoms with E-state index in [2.05, 4.69) is 16.5 Å². The Morgan fingerprint density at radius 3 is 2.42 bits per heavy atom. The molecule has 1 aliphatic heterocycles. The van der Waals surface area contributed by atoms with Crippen LogP contribution in [-0.4, -0.2) is 63.4 Å². The second-order valence-corrected chi connectivity index (χ2v) is 7.97. The molecule has 0 radical (unpaired) electrons. The van der Waals surface area contributed by atoms with Crippen molar-refractivity contribution in [3.63, 3.8) is 0 Å². The second-order valence-electron chi connectivity index (χ2n) is 6.23. The minimum absolute atomic E-state index is 0.00841. The van der Waals surface area contributed by atoms with E-state index < -0.39 is 10.0 Å². The van der Waals surface area contributed by atoms with Gasteiger partial charge in [-0.3, -0.25) is 4.79 Å². The molecule has 1 aliphatic rings. The molecular weight excluding hydrogens is 326 g/mol. The van der Waals surface area contributed by atoms with Gasteiger partial charge in [-0.25, -0.2) is 13.1 Å². The molecule has 6 nitrogen and oxygen atoms in total. The van der Waals surface area contributed by atoms with E-state index in [9.17, 15) is 13.2 Å². The van der Waals surface area contributed by atoms with Crippen LogP contribution >= 0.6 is 0 Å². The summed E-state index contributed by atoms with van der Waals surface area (Å²) in [5, 5.41) is 0. The van der Waals surface area contributed by atoms with E-state index in [4.69, 9.17) is 0 Å². The largest absolute Gasteiger partial charge is 0.340 e. The fourth-order valence-electron chi connectivity index (χ4n) is 2.94. The fraction of sp³-hybridized carbons (Fsp3) is 0.588. The quantitative estimate of drug-likeness (QED) is 0.832. The number of carbonyl (C=O) groups is 1. The molecule has 0 spiro atoms. The number of nitrogens with zero attached hydrogens (tertiary/aromatic N) is 2. The van der Waals surface area contributed by atoms with Gasteiger partial charge in [0, 0.05) is 39.1 Å². The first-order valence-corrected chi connectivity index (χ1v) is 9.89. The van der Waals surface area contributed by atoms with Crippen LogP contribution in [0, 0.1) is 13.8 Å². The Morgan fingerprint density at radius 2 is 1.83 bits per heavy atom. The fourth-order valence-corrected chi connectivity index (χ4v) is 4.20. The van der Waals surface area contributed by atoms with Crippen LogP contribution in [0.5, 0.6) is 0 Å². The lowest BCUT2D eigenvalue weighted by molar-refractivity contribution is -0.132. The molecule has 0 atom stereocenters. The van der Waals surface area contributed by atoms with Crippen molar-refractivity contribution in [2.75, 3.05) is 39.3 Å². The van der Waals surface area contributed by atoms with Gasteiger partial charge in [-0.05, 0) is 32.0 Å². The van der Waals surface area contributed by atoms with Gasteiger partial charge in [0.25, 0.3) is 0 Å². The highest BCUT2D eigenvalue weighted by molar-refractivity contribution is 7.89. The molecule has 134 valence electrons. The molecule has 0 unspecified atom stereocenters. The number of benzene rings is 1. The van der Waals surface area contributed by atoms with Gasteiger partial charge in [-0.1, -0.05) is 24.6 Å². The van der Waals surface area contributed by atoms with Crippen molar-refractivity contribution in [1.82, 2.24) is 14.5 Å². The van der Waals surface area contributed by atoms with Crippen molar-refractivity contribution in [2.24, 2.45) is 0 Å². The van der Waals surface area contributed by atoms with Crippen molar-refractivity contribution in [3.8, 4) is 0 Å². The zero-order valence-corrected chi connectivity index (χ0v) is 15.5. The Labute approximate surface area is 144 Å². The minimum atomic E-state index is -3.58. The minimum Gasteiger partial charge on any atom is -0.340 e. The normalized spacial score (nSPS) is 16.4. The predicted octanol–water partition coefficient (Wildman–Crippen LogP) is 1.14. The maximum Gasteiger partial charge on any atom is 0.240 e. The summed E-state index contributed by atoms with van der Waals surface area (Å²) < 4.78 is 27.3. The highest BCUT2D eigenvalue weighted by atomic mass is 32.2. The average molecular weight is 353 g/mol. The number of piperazine rings is 1. The monoisotopic (exact) mass is 353 g/mol. The number of rotatable bonds is 6. The summed E-state index contributed by atoms with van der Waals surface area (Å²) in [7, 11) is -3.58. The lowest BCUT2D eigenvalue weighted by Gasteiger charge is -2.34. The number of aryl methyl sites for hydroxylation is 2. The summed E-state index contributed by atoms with van der Waals surface area (Å²) in [5.74, 6) is 0.00841. The number of hydrogen-bond acceptors (Lipinski definition) is 4. The number of likely N-dealkylation sites (N-methyl/N-ethyl adjacent to an activating group) is 1. The Bertz CT molecular complexity index is 680. The Morgan fingerprint density at radius 1 is 1.17 bits per heavy atom. The van der Waals surface area contributed by atoms with Crippen LogP contribution in [0.3, 0.4) is 0 Å². The summed E-state index contributed by atoms with van der Waals surface area (Å²) in [6.07, 6.45) is 0.191. The van der Waals surface area contributed by atoms with E-state index >= 15 is 0 Å². The van der Waals surface area contributed by atoms with Gasteiger partial charge in [0.15, 0.2) is 0 Å². The molecule has 0 aliphatic carbocycles. The van der Waals surface area contributed by atoms with Crippen molar-refractivity contribution in [2.45, 2.75) is 32.1 Å². The molecule has 1 amide bonds. The SMILES string of the molecule is CCN1CCN(C(=O)CCNS(=O)(=O)c2ccc(C)cc2C)CC1. The molecule has 2 rings (SSSR count). The third-order valence-electron chi connectivity index (χ3n) is 4.42. The number of hydrogen-bond donors (Lipinski definition) is 1. The van der Waals surface area contributed by atoms with E-state index in [1.807, 2.05) is 17.9 Å². The van der Waals surface area contributed by atoms with Crippen molar-refractivity contribution in [3.05, 3.63) is 29.3 Å². The molecule has 0 saturated carbocycles. The summed E-state index contributed by atoms with van der Waals surface area (Å²) in [4.78, 5) is 16.6. The maximum absolute atomic E-state index is 12.4. The molecule has 0 aromatic heterocycles. The molecule has 7 heteroatoms. The molecule has 1 heterocycles. The highest BCUT2D eigenvalue weighted by Gasteiger charge is 2.21. The molecule has 1 saturated heterocycles. The Balaban J connectivity index is 1.85. The van der Waals surface area contributed by atoms with Crippen LogP contribution in [-0.2, 0) is 14.8 Å². The maximum atomic E-state index is 12.4. The number of nitrogens with one attached hydrogen (secondary N) is 1. The van der Waals surface area contributed by atoms with Gasteiger partial charge >= 0.3 is 0 Å². The molecule has 1 fully saturated rings. The van der Waals surface area contributed by atoms with Gasteiger partial charge in [-0.2, -0.15) is 0 Å². The van der Waals surface area contributed by atoms with Gasteiger partial charge in [0.2, 0.25) is 15.9 Å². The third-order valence-corrected chi connectivity index (χ3v) is 6.04. The number of amides is 1. The first-order chi connectivity index (χ1) is 11.3. The zero-order chi connectivity index (χ0) is 17.7. The Kier molecular flexibility index (Phi) is 6.37. The van der Waals surface area contributed by atoms with Crippen LogP contribution < -0.4 is 4.72 Å². The molecule has 24 heavy (non-hydrogen) atoms. The summed E-state index contributed by atoms with van der Waals surface area (Å²) >= 11 is 0. The second kappa shape index (κ2) is 8.09. The van der Waals surface area contributed by atoms with E-state index in [-0.39, 0.29) is 23.8 Å². The summed E-state index contributed by atoms with van der Waals surface area (Å²) in [5.41, 5.74) is 1.73. The highest BCUT2D eigenvalue weighted by Crippen LogP contribution is 2.16. The zero-order valence-electron chi connectivity index (χ0n) is 14.7. The topological polar surface area (TPSA) is 69.7 Å².